The van der Waals surface area contributed by atoms with Gasteiger partial charge in [-0.05, 0) is 43.2 Å². The lowest BCUT2D eigenvalue weighted by Crippen LogP contribution is -2.38. The highest BCUT2D eigenvalue weighted by Crippen LogP contribution is 2.21. The number of aliphatic hydroxyl groups is 1. The SMILES string of the molecule is Cc1ccc(S(=O)(=O)NC2CCCSC2)c(C#CCO)c1. The molecule has 1 aromatic rings. The van der Waals surface area contributed by atoms with Crippen molar-refractivity contribution < 1.29 is 13.5 Å². The molecular formula is C15H19NO3S2. The molecule has 0 saturated carbocycles. The molecule has 2 N–H and O–H groups in total. The van der Waals surface area contributed by atoms with Crippen LogP contribution in [0, 0.1) is 18.8 Å². The van der Waals surface area contributed by atoms with Crippen molar-refractivity contribution in [3.63, 3.8) is 0 Å². The molecule has 0 radical (unpaired) electrons. The lowest BCUT2D eigenvalue weighted by molar-refractivity contribution is 0.350. The van der Waals surface area contributed by atoms with Crippen LogP contribution in [-0.2, 0) is 10.0 Å². The maximum atomic E-state index is 12.5. The van der Waals surface area contributed by atoms with E-state index in [4.69, 9.17) is 5.11 Å². The second kappa shape index (κ2) is 7.32. The molecule has 1 atom stereocenters. The van der Waals surface area contributed by atoms with Crippen LogP contribution in [-0.4, -0.2) is 37.7 Å². The first-order valence-corrected chi connectivity index (χ1v) is 9.47. The molecule has 2 rings (SSSR count). The lowest BCUT2D eigenvalue weighted by Gasteiger charge is -2.22. The highest BCUT2D eigenvalue weighted by atomic mass is 32.2. The summed E-state index contributed by atoms with van der Waals surface area (Å²) in [6.45, 7) is 1.59. The van der Waals surface area contributed by atoms with Gasteiger partial charge in [0.25, 0.3) is 0 Å². The molecule has 0 amide bonds. The largest absolute Gasteiger partial charge is 0.384 e. The topological polar surface area (TPSA) is 66.4 Å². The normalized spacial score (nSPS) is 18.9. The van der Waals surface area contributed by atoms with E-state index in [-0.39, 0.29) is 17.5 Å². The number of benzene rings is 1. The molecule has 0 aliphatic carbocycles. The Bertz CT molecular complexity index is 653. The van der Waals surface area contributed by atoms with Gasteiger partial charge in [0.2, 0.25) is 10.0 Å². The van der Waals surface area contributed by atoms with Crippen LogP contribution in [0.25, 0.3) is 0 Å². The summed E-state index contributed by atoms with van der Waals surface area (Å²) in [4.78, 5) is 0.185. The number of rotatable bonds is 3. The van der Waals surface area contributed by atoms with E-state index in [1.165, 1.54) is 0 Å². The van der Waals surface area contributed by atoms with Gasteiger partial charge in [-0.2, -0.15) is 11.8 Å². The van der Waals surface area contributed by atoms with Crippen LogP contribution in [0.2, 0.25) is 0 Å². The Morgan fingerprint density at radius 3 is 2.95 bits per heavy atom. The van der Waals surface area contributed by atoms with Crippen LogP contribution in [0.4, 0.5) is 0 Å². The molecular weight excluding hydrogens is 306 g/mol. The zero-order chi connectivity index (χ0) is 15.3. The second-order valence-electron chi connectivity index (χ2n) is 4.99. The van der Waals surface area contributed by atoms with Gasteiger partial charge in [0.1, 0.15) is 6.61 Å². The van der Waals surface area contributed by atoms with E-state index in [2.05, 4.69) is 16.6 Å². The maximum Gasteiger partial charge on any atom is 0.242 e. The molecule has 1 fully saturated rings. The summed E-state index contributed by atoms with van der Waals surface area (Å²) >= 11 is 1.77. The van der Waals surface area contributed by atoms with E-state index in [0.717, 1.165) is 29.9 Å². The van der Waals surface area contributed by atoms with Gasteiger partial charge >= 0.3 is 0 Å². The monoisotopic (exact) mass is 325 g/mol. The number of aliphatic hydroxyl groups excluding tert-OH is 1. The number of thioether (sulfide) groups is 1. The average molecular weight is 325 g/mol. The smallest absolute Gasteiger partial charge is 0.242 e. The van der Waals surface area contributed by atoms with E-state index < -0.39 is 10.0 Å². The van der Waals surface area contributed by atoms with Crippen molar-refractivity contribution in [3.8, 4) is 11.8 Å². The van der Waals surface area contributed by atoms with Crippen molar-refractivity contribution in [1.29, 1.82) is 0 Å². The quantitative estimate of drug-likeness (QED) is 0.827. The van der Waals surface area contributed by atoms with Crippen molar-refractivity contribution >= 4 is 21.8 Å². The summed E-state index contributed by atoms with van der Waals surface area (Å²) in [6.07, 6.45) is 1.90. The van der Waals surface area contributed by atoms with Gasteiger partial charge in [0.15, 0.2) is 0 Å². The maximum absolute atomic E-state index is 12.5. The lowest BCUT2D eigenvalue weighted by atomic mass is 10.1. The molecule has 4 nitrogen and oxygen atoms in total. The van der Waals surface area contributed by atoms with Crippen LogP contribution in [0.5, 0.6) is 0 Å². The van der Waals surface area contributed by atoms with Gasteiger partial charge in [0.05, 0.1) is 4.90 Å². The number of nitrogens with one attached hydrogen (secondary N) is 1. The van der Waals surface area contributed by atoms with Gasteiger partial charge in [-0.1, -0.05) is 17.9 Å². The number of hydrogen-bond acceptors (Lipinski definition) is 4. The van der Waals surface area contributed by atoms with Gasteiger partial charge in [-0.3, -0.25) is 0 Å². The molecule has 0 aromatic heterocycles. The third-order valence-corrected chi connectivity index (χ3v) is 6.00. The van der Waals surface area contributed by atoms with E-state index in [1.807, 2.05) is 6.92 Å². The third kappa shape index (κ3) is 4.48. The van der Waals surface area contributed by atoms with Crippen molar-refractivity contribution in [1.82, 2.24) is 4.72 Å². The van der Waals surface area contributed by atoms with Crippen molar-refractivity contribution in [2.75, 3.05) is 18.1 Å². The average Bonchev–Trinajstić information content (AvgIpc) is 2.45. The van der Waals surface area contributed by atoms with Crippen LogP contribution >= 0.6 is 11.8 Å². The first kappa shape index (κ1) is 16.4. The molecule has 0 spiro atoms. The Morgan fingerprint density at radius 1 is 1.48 bits per heavy atom. The summed E-state index contributed by atoms with van der Waals surface area (Å²) in [5.74, 6) is 7.14. The fourth-order valence-corrected chi connectivity index (χ4v) is 4.82. The van der Waals surface area contributed by atoms with Gasteiger partial charge < -0.3 is 5.11 Å². The Hall–Kier alpha value is -1.00. The van der Waals surface area contributed by atoms with E-state index in [0.29, 0.717) is 5.56 Å². The molecule has 1 unspecified atom stereocenters. The minimum Gasteiger partial charge on any atom is -0.384 e. The Labute approximate surface area is 130 Å². The van der Waals surface area contributed by atoms with Crippen LogP contribution in [0.3, 0.4) is 0 Å². The van der Waals surface area contributed by atoms with E-state index >= 15 is 0 Å². The minimum absolute atomic E-state index is 0.0197. The number of hydrogen-bond donors (Lipinski definition) is 2. The summed E-state index contributed by atoms with van der Waals surface area (Å²) in [7, 11) is -3.59. The Kier molecular flexibility index (Phi) is 5.71. The van der Waals surface area contributed by atoms with Gasteiger partial charge in [-0.15, -0.1) is 0 Å². The molecule has 1 aromatic carbocycles. The Morgan fingerprint density at radius 2 is 2.29 bits per heavy atom. The van der Waals surface area contributed by atoms with Gasteiger partial charge in [-0.25, -0.2) is 13.1 Å². The van der Waals surface area contributed by atoms with E-state index in [1.54, 1.807) is 30.0 Å². The molecule has 1 heterocycles. The number of sulfonamides is 1. The van der Waals surface area contributed by atoms with Crippen molar-refractivity contribution in [3.05, 3.63) is 29.3 Å². The summed E-state index contributed by atoms with van der Waals surface area (Å²) < 4.78 is 27.9. The second-order valence-corrected chi connectivity index (χ2v) is 7.83. The Balaban J connectivity index is 2.30. The predicted molar refractivity (Wildman–Crippen MR) is 85.8 cm³/mol. The molecule has 1 aliphatic rings. The molecule has 114 valence electrons. The zero-order valence-corrected chi connectivity index (χ0v) is 13.6. The van der Waals surface area contributed by atoms with Crippen molar-refractivity contribution in [2.24, 2.45) is 0 Å². The zero-order valence-electron chi connectivity index (χ0n) is 11.9. The molecule has 6 heteroatoms. The fraction of sp³-hybridized carbons (Fsp3) is 0.467. The first-order valence-electron chi connectivity index (χ1n) is 6.83. The van der Waals surface area contributed by atoms with Crippen molar-refractivity contribution in [2.45, 2.75) is 30.7 Å². The highest BCUT2D eigenvalue weighted by molar-refractivity contribution is 7.99. The molecule has 1 aliphatic heterocycles. The molecule has 1 saturated heterocycles. The standard InChI is InChI=1S/C15H19NO3S2/c1-12-6-7-15(13(10-12)4-2-8-17)21(18,19)16-14-5-3-9-20-11-14/h6-7,10,14,16-17H,3,5,8-9,11H2,1H3. The summed E-state index contributed by atoms with van der Waals surface area (Å²) in [5.41, 5.74) is 1.37. The molecule has 0 bridgehead atoms. The highest BCUT2D eigenvalue weighted by Gasteiger charge is 2.23. The van der Waals surface area contributed by atoms with Crippen LogP contribution < -0.4 is 4.72 Å². The summed E-state index contributed by atoms with van der Waals surface area (Å²) in [5, 5.41) is 8.81. The van der Waals surface area contributed by atoms with Crippen LogP contribution in [0.1, 0.15) is 24.0 Å². The minimum atomic E-state index is -3.59. The number of aryl methyl sites for hydroxylation is 1. The van der Waals surface area contributed by atoms with Crippen LogP contribution in [0.15, 0.2) is 23.1 Å². The van der Waals surface area contributed by atoms with Gasteiger partial charge in [0, 0.05) is 17.4 Å². The predicted octanol–water partition coefficient (Wildman–Crippen LogP) is 1.51. The third-order valence-electron chi connectivity index (χ3n) is 3.21. The first-order chi connectivity index (χ1) is 10.0. The fourth-order valence-electron chi connectivity index (χ4n) is 2.23. The van der Waals surface area contributed by atoms with E-state index in [9.17, 15) is 8.42 Å². The summed E-state index contributed by atoms with van der Waals surface area (Å²) in [6, 6.07) is 5.05. The molecule has 21 heavy (non-hydrogen) atoms.